The summed E-state index contributed by atoms with van der Waals surface area (Å²) in [5.74, 6) is -1.18. The Balaban J connectivity index is 2.31. The van der Waals surface area contributed by atoms with E-state index < -0.39 is 11.6 Å². The van der Waals surface area contributed by atoms with E-state index in [1.165, 1.54) is 18.5 Å². The van der Waals surface area contributed by atoms with Crippen molar-refractivity contribution in [2.45, 2.75) is 16.6 Å². The fraction of sp³-hybridized carbons (Fsp3) is 0.273. The highest BCUT2D eigenvalue weighted by Crippen LogP contribution is 2.31. The molecule has 0 fully saturated rings. The number of nitrogens with zero attached hydrogens (tertiary/aromatic N) is 3. The van der Waals surface area contributed by atoms with Crippen molar-refractivity contribution in [2.24, 2.45) is 7.05 Å². The number of rotatable bonds is 4. The van der Waals surface area contributed by atoms with Gasteiger partial charge in [-0.3, -0.25) is 0 Å². The van der Waals surface area contributed by atoms with Gasteiger partial charge in [-0.25, -0.2) is 8.78 Å². The highest BCUT2D eigenvalue weighted by Gasteiger charge is 2.15. The number of hydrogen-bond donors (Lipinski definition) is 1. The first-order valence-corrected chi connectivity index (χ1v) is 6.08. The maximum absolute atomic E-state index is 13.8. The van der Waals surface area contributed by atoms with Crippen LogP contribution < -0.4 is 5.32 Å². The van der Waals surface area contributed by atoms with E-state index in [9.17, 15) is 8.78 Å². The fourth-order valence-electron chi connectivity index (χ4n) is 1.47. The molecular formula is C11H12F2N4S. The second kappa shape index (κ2) is 5.45. The third-order valence-corrected chi connectivity index (χ3v) is 3.45. The van der Waals surface area contributed by atoms with E-state index in [-0.39, 0.29) is 4.90 Å². The number of aryl methyl sites for hydroxylation is 1. The van der Waals surface area contributed by atoms with Crippen molar-refractivity contribution in [1.29, 1.82) is 0 Å². The summed E-state index contributed by atoms with van der Waals surface area (Å²) < 4.78 is 29.2. The van der Waals surface area contributed by atoms with Crippen molar-refractivity contribution in [3.05, 3.63) is 35.7 Å². The lowest BCUT2D eigenvalue weighted by molar-refractivity contribution is 0.535. The molecule has 0 atom stereocenters. The zero-order chi connectivity index (χ0) is 13.1. The Labute approximate surface area is 107 Å². The molecule has 0 saturated carbocycles. The Morgan fingerprint density at radius 2 is 2.00 bits per heavy atom. The molecule has 18 heavy (non-hydrogen) atoms. The second-order valence-corrected chi connectivity index (χ2v) is 4.72. The summed E-state index contributed by atoms with van der Waals surface area (Å²) in [4.78, 5) is -0.0639. The zero-order valence-electron chi connectivity index (χ0n) is 9.94. The van der Waals surface area contributed by atoms with Crippen molar-refractivity contribution >= 4 is 11.8 Å². The molecule has 0 unspecified atom stereocenters. The average Bonchev–Trinajstić information content (AvgIpc) is 2.70. The van der Waals surface area contributed by atoms with Gasteiger partial charge < -0.3 is 9.88 Å². The van der Waals surface area contributed by atoms with Crippen molar-refractivity contribution in [2.75, 3.05) is 7.05 Å². The topological polar surface area (TPSA) is 42.7 Å². The first-order chi connectivity index (χ1) is 8.61. The minimum Gasteiger partial charge on any atom is -0.316 e. The smallest absolute Gasteiger partial charge is 0.195 e. The molecule has 0 aliphatic heterocycles. The van der Waals surface area contributed by atoms with Crippen LogP contribution >= 0.6 is 11.8 Å². The van der Waals surface area contributed by atoms with Crippen molar-refractivity contribution < 1.29 is 8.78 Å². The minimum absolute atomic E-state index is 0.0639. The van der Waals surface area contributed by atoms with Gasteiger partial charge in [-0.2, -0.15) is 0 Å². The maximum atomic E-state index is 13.8. The minimum atomic E-state index is -0.590. The van der Waals surface area contributed by atoms with Crippen LogP contribution in [0.15, 0.2) is 28.5 Å². The van der Waals surface area contributed by atoms with Gasteiger partial charge in [-0.15, -0.1) is 10.2 Å². The predicted octanol–water partition coefficient (Wildman–Crippen LogP) is 1.96. The molecule has 1 aromatic heterocycles. The SMILES string of the molecule is CNCc1cc(F)c(Sc2nncn2C)c(F)c1. The van der Waals surface area contributed by atoms with Gasteiger partial charge in [-0.1, -0.05) is 0 Å². The van der Waals surface area contributed by atoms with E-state index in [1.807, 2.05) is 0 Å². The van der Waals surface area contributed by atoms with Crippen LogP contribution in [0.3, 0.4) is 0 Å². The highest BCUT2D eigenvalue weighted by molar-refractivity contribution is 7.99. The fourth-order valence-corrected chi connectivity index (χ4v) is 2.25. The summed E-state index contributed by atoms with van der Waals surface area (Å²) in [5.41, 5.74) is 0.565. The van der Waals surface area contributed by atoms with Crippen LogP contribution in [0.2, 0.25) is 0 Å². The van der Waals surface area contributed by atoms with Gasteiger partial charge in [0.1, 0.15) is 18.0 Å². The summed E-state index contributed by atoms with van der Waals surface area (Å²) in [6.45, 7) is 0.419. The summed E-state index contributed by atoms with van der Waals surface area (Å²) in [7, 11) is 3.44. The molecule has 4 nitrogen and oxygen atoms in total. The molecule has 2 aromatic rings. The largest absolute Gasteiger partial charge is 0.316 e. The molecule has 0 bridgehead atoms. The van der Waals surface area contributed by atoms with Crippen LogP contribution in [-0.4, -0.2) is 21.8 Å². The third-order valence-electron chi connectivity index (χ3n) is 2.30. The first-order valence-electron chi connectivity index (χ1n) is 5.26. The van der Waals surface area contributed by atoms with Crippen LogP contribution in [0, 0.1) is 11.6 Å². The average molecular weight is 270 g/mol. The Bertz CT molecular complexity index is 533. The monoisotopic (exact) mass is 270 g/mol. The van der Waals surface area contributed by atoms with Crippen molar-refractivity contribution in [3.8, 4) is 0 Å². The van der Waals surface area contributed by atoms with Gasteiger partial charge in [0.25, 0.3) is 0 Å². The van der Waals surface area contributed by atoms with Gasteiger partial charge in [-0.05, 0) is 36.5 Å². The zero-order valence-corrected chi connectivity index (χ0v) is 10.8. The number of hydrogen-bond acceptors (Lipinski definition) is 4. The lowest BCUT2D eigenvalue weighted by Crippen LogP contribution is -2.06. The standard InChI is InChI=1S/C11H12F2N4S/c1-14-5-7-3-8(12)10(9(13)4-7)18-11-16-15-6-17(11)2/h3-4,6,14H,5H2,1-2H3. The van der Waals surface area contributed by atoms with Crippen LogP contribution in [0.25, 0.3) is 0 Å². The Hall–Kier alpha value is -1.47. The quantitative estimate of drug-likeness (QED) is 0.922. The highest BCUT2D eigenvalue weighted by atomic mass is 32.2. The Morgan fingerprint density at radius 3 is 2.50 bits per heavy atom. The van der Waals surface area contributed by atoms with Crippen LogP contribution in [0.4, 0.5) is 8.78 Å². The molecule has 96 valence electrons. The number of benzene rings is 1. The molecule has 0 amide bonds. The maximum Gasteiger partial charge on any atom is 0.195 e. The predicted molar refractivity (Wildman–Crippen MR) is 64.2 cm³/mol. The molecule has 7 heteroatoms. The van der Waals surface area contributed by atoms with Gasteiger partial charge in [0, 0.05) is 13.6 Å². The van der Waals surface area contributed by atoms with Crippen LogP contribution in [0.1, 0.15) is 5.56 Å². The molecule has 1 N–H and O–H groups in total. The molecule has 0 aliphatic carbocycles. The summed E-state index contributed by atoms with van der Waals surface area (Å²) in [6.07, 6.45) is 1.48. The Morgan fingerprint density at radius 1 is 1.33 bits per heavy atom. The molecule has 0 radical (unpaired) electrons. The van der Waals surface area contributed by atoms with Gasteiger partial charge in [0.05, 0.1) is 4.90 Å². The van der Waals surface area contributed by atoms with Crippen LogP contribution in [-0.2, 0) is 13.6 Å². The second-order valence-electron chi connectivity index (χ2n) is 3.75. The lowest BCUT2D eigenvalue weighted by atomic mass is 10.2. The first kappa shape index (κ1) is 13.0. The Kier molecular flexibility index (Phi) is 3.93. The molecular weight excluding hydrogens is 258 g/mol. The molecule has 0 saturated heterocycles. The van der Waals surface area contributed by atoms with Crippen molar-refractivity contribution in [3.63, 3.8) is 0 Å². The van der Waals surface area contributed by atoms with Gasteiger partial charge >= 0.3 is 0 Å². The van der Waals surface area contributed by atoms with E-state index in [2.05, 4.69) is 15.5 Å². The van der Waals surface area contributed by atoms with E-state index >= 15 is 0 Å². The number of halogens is 2. The van der Waals surface area contributed by atoms with E-state index in [0.717, 1.165) is 11.8 Å². The van der Waals surface area contributed by atoms with Crippen molar-refractivity contribution in [1.82, 2.24) is 20.1 Å². The molecule has 0 spiro atoms. The number of nitrogens with one attached hydrogen (secondary N) is 1. The van der Waals surface area contributed by atoms with Crippen LogP contribution in [0.5, 0.6) is 0 Å². The molecule has 2 rings (SSSR count). The van der Waals surface area contributed by atoms with Gasteiger partial charge in [0.2, 0.25) is 0 Å². The molecule has 0 aliphatic rings. The molecule has 1 aromatic carbocycles. The molecule has 1 heterocycles. The lowest BCUT2D eigenvalue weighted by Gasteiger charge is -2.07. The van der Waals surface area contributed by atoms with E-state index in [1.54, 1.807) is 18.7 Å². The summed E-state index contributed by atoms with van der Waals surface area (Å²) in [6, 6.07) is 2.64. The van der Waals surface area contributed by atoms with Gasteiger partial charge in [0.15, 0.2) is 5.16 Å². The van der Waals surface area contributed by atoms with E-state index in [0.29, 0.717) is 17.3 Å². The third kappa shape index (κ3) is 2.68. The number of aromatic nitrogens is 3. The summed E-state index contributed by atoms with van der Waals surface area (Å²) >= 11 is 0.920. The van der Waals surface area contributed by atoms with E-state index in [4.69, 9.17) is 0 Å². The summed E-state index contributed by atoms with van der Waals surface area (Å²) in [5, 5.41) is 10.7. The normalized spacial score (nSPS) is 10.9.